The smallest absolute Gasteiger partial charge is 0.128 e. The quantitative estimate of drug-likeness (QED) is 0.0982. The summed E-state index contributed by atoms with van der Waals surface area (Å²) in [6.07, 6.45) is 10.2. The highest BCUT2D eigenvalue weighted by Crippen LogP contribution is 2.52. The number of aryl methyl sites for hydroxylation is 1. The number of hydrogen-bond donors (Lipinski definition) is 4. The highest BCUT2D eigenvalue weighted by Gasteiger charge is 2.47. The minimum Gasteiger partial charge on any atom is -0.508 e. The number of rotatable bonds is 13. The van der Waals surface area contributed by atoms with Crippen LogP contribution in [-0.4, -0.2) is 59.1 Å². The first-order chi connectivity index (χ1) is 27.8. The number of hydrogen-bond acceptors (Lipinski definition) is 9. The van der Waals surface area contributed by atoms with Crippen molar-refractivity contribution in [3.8, 4) is 45.6 Å². The molecule has 304 valence electrons. The summed E-state index contributed by atoms with van der Waals surface area (Å²) < 4.78 is 31.9. The molecule has 57 heavy (non-hydrogen) atoms. The molecule has 0 spiro atoms. The van der Waals surface area contributed by atoms with Gasteiger partial charge in [0, 0.05) is 48.7 Å². The number of aliphatic hydroxyl groups excluding tert-OH is 2. The van der Waals surface area contributed by atoms with E-state index in [4.69, 9.17) is 23.7 Å². The average molecular weight is 779 g/mol. The predicted molar refractivity (Wildman–Crippen MR) is 219 cm³/mol. The maximum atomic E-state index is 12.5. The predicted octanol–water partition coefficient (Wildman–Crippen LogP) is 9.53. The van der Waals surface area contributed by atoms with Crippen molar-refractivity contribution in [3.63, 3.8) is 0 Å². The Morgan fingerprint density at radius 2 is 1.47 bits per heavy atom. The van der Waals surface area contributed by atoms with Gasteiger partial charge in [0.05, 0.1) is 31.0 Å². The molecule has 9 heteroatoms. The monoisotopic (exact) mass is 778 g/mol. The molecule has 2 saturated carbocycles. The molecule has 2 aliphatic carbocycles. The minimum atomic E-state index is -0.988. The molecule has 0 saturated heterocycles. The molecule has 0 amide bonds. The van der Waals surface area contributed by atoms with Gasteiger partial charge in [-0.3, -0.25) is 0 Å². The third kappa shape index (κ3) is 8.57. The van der Waals surface area contributed by atoms with Gasteiger partial charge in [0.15, 0.2) is 0 Å². The second-order valence-electron chi connectivity index (χ2n) is 16.6. The van der Waals surface area contributed by atoms with Crippen LogP contribution in [0.25, 0.3) is 11.1 Å². The van der Waals surface area contributed by atoms with Crippen LogP contribution < -0.4 is 18.9 Å². The van der Waals surface area contributed by atoms with E-state index in [1.54, 1.807) is 25.3 Å². The lowest BCUT2D eigenvalue weighted by atomic mass is 9.72. The van der Waals surface area contributed by atoms with E-state index in [1.807, 2.05) is 55.5 Å². The fourth-order valence-electron chi connectivity index (χ4n) is 9.71. The van der Waals surface area contributed by atoms with Crippen LogP contribution in [0.4, 0.5) is 0 Å². The van der Waals surface area contributed by atoms with E-state index in [0.717, 1.165) is 91.4 Å². The van der Waals surface area contributed by atoms with Gasteiger partial charge in [-0.15, -0.1) is 0 Å². The zero-order valence-electron chi connectivity index (χ0n) is 33.3. The molecule has 2 heterocycles. The molecular formula is C48H58O9. The number of methoxy groups -OCH3 is 1. The number of phenolic OH excluding ortho intramolecular Hbond substituents is 2. The first-order valence-electron chi connectivity index (χ1n) is 21.2. The lowest BCUT2D eigenvalue weighted by molar-refractivity contribution is -0.0890. The van der Waals surface area contributed by atoms with Crippen LogP contribution in [0.5, 0.6) is 34.5 Å². The van der Waals surface area contributed by atoms with Crippen LogP contribution in [-0.2, 0) is 17.6 Å². The van der Waals surface area contributed by atoms with E-state index in [2.05, 4.69) is 0 Å². The van der Waals surface area contributed by atoms with E-state index < -0.39 is 24.0 Å². The van der Waals surface area contributed by atoms with E-state index in [-0.39, 0.29) is 36.4 Å². The van der Waals surface area contributed by atoms with Crippen molar-refractivity contribution in [1.29, 1.82) is 0 Å². The van der Waals surface area contributed by atoms with Crippen molar-refractivity contribution in [2.24, 2.45) is 11.8 Å². The normalized spacial score (nSPS) is 23.6. The lowest BCUT2D eigenvalue weighted by Crippen LogP contribution is -2.46. The molecule has 5 unspecified atom stereocenters. The van der Waals surface area contributed by atoms with Gasteiger partial charge in [0.25, 0.3) is 0 Å². The fourth-order valence-corrected chi connectivity index (χ4v) is 9.71. The van der Waals surface area contributed by atoms with Crippen LogP contribution in [0.15, 0.2) is 66.7 Å². The minimum absolute atomic E-state index is 0.0874. The van der Waals surface area contributed by atoms with Gasteiger partial charge in [-0.2, -0.15) is 0 Å². The van der Waals surface area contributed by atoms with Gasteiger partial charge in [0.1, 0.15) is 40.6 Å². The van der Waals surface area contributed by atoms with Crippen molar-refractivity contribution in [2.45, 2.75) is 121 Å². The summed E-state index contributed by atoms with van der Waals surface area (Å²) in [6, 6.07) is 20.7. The molecule has 0 bridgehead atoms. The molecule has 4 aromatic carbocycles. The molecule has 2 fully saturated rings. The Bertz CT molecular complexity index is 2000. The maximum Gasteiger partial charge on any atom is 0.128 e. The number of ether oxygens (including phenoxy) is 5. The Morgan fingerprint density at radius 3 is 2.21 bits per heavy atom. The number of benzene rings is 4. The molecular weight excluding hydrogens is 721 g/mol. The zero-order valence-corrected chi connectivity index (χ0v) is 33.3. The Hall–Kier alpha value is -4.44. The van der Waals surface area contributed by atoms with Crippen molar-refractivity contribution < 1.29 is 44.1 Å². The summed E-state index contributed by atoms with van der Waals surface area (Å²) in [5.74, 6) is 2.01. The van der Waals surface area contributed by atoms with Gasteiger partial charge in [0.2, 0.25) is 0 Å². The summed E-state index contributed by atoms with van der Waals surface area (Å²) in [6.45, 7) is 2.73. The summed E-state index contributed by atoms with van der Waals surface area (Å²) >= 11 is 0. The number of aliphatic hydroxyl groups is 2. The fraction of sp³-hybridized carbons (Fsp3) is 0.500. The van der Waals surface area contributed by atoms with Crippen LogP contribution in [0.1, 0.15) is 118 Å². The molecule has 0 radical (unpaired) electrons. The van der Waals surface area contributed by atoms with Crippen LogP contribution in [0.2, 0.25) is 0 Å². The van der Waals surface area contributed by atoms with Crippen molar-refractivity contribution in [3.05, 3.63) is 94.5 Å². The molecule has 5 atom stereocenters. The van der Waals surface area contributed by atoms with Crippen LogP contribution in [0, 0.1) is 11.8 Å². The molecule has 2 aliphatic heterocycles. The summed E-state index contributed by atoms with van der Waals surface area (Å²) in [5, 5.41) is 46.4. The third-order valence-corrected chi connectivity index (χ3v) is 12.7. The molecule has 4 aromatic rings. The highest BCUT2D eigenvalue weighted by atomic mass is 16.5. The molecule has 4 N–H and O–H groups in total. The van der Waals surface area contributed by atoms with E-state index >= 15 is 0 Å². The standard InChI is InChI=1S/C48H58O9/c1-3-29-24-38(30-11-9-12-33(49)22-30)31(25-42(29)50)21-32-23-37(56-35-15-7-8-16-35)27-40-46(51)41(28-54-48(32)40)45-44(17-10-20-53-2)57-43-19-18-36(26-39(43)47(45)52)55-34-13-5-4-6-14-34/h9,11-12,18-19,22-27,34-35,41,44-47,49-52H,3-8,10,13-17,20-21,28H2,1-2H3. The molecule has 9 nitrogen and oxygen atoms in total. The van der Waals surface area contributed by atoms with Gasteiger partial charge >= 0.3 is 0 Å². The first kappa shape index (κ1) is 39.4. The van der Waals surface area contributed by atoms with Crippen molar-refractivity contribution in [1.82, 2.24) is 0 Å². The van der Waals surface area contributed by atoms with Crippen LogP contribution in [0.3, 0.4) is 0 Å². The highest BCUT2D eigenvalue weighted by molar-refractivity contribution is 5.72. The largest absolute Gasteiger partial charge is 0.508 e. The third-order valence-electron chi connectivity index (χ3n) is 12.7. The Kier molecular flexibility index (Phi) is 12.2. The zero-order chi connectivity index (χ0) is 39.5. The van der Waals surface area contributed by atoms with Gasteiger partial charge in [-0.1, -0.05) is 25.5 Å². The number of phenols is 2. The summed E-state index contributed by atoms with van der Waals surface area (Å²) in [7, 11) is 1.68. The first-order valence-corrected chi connectivity index (χ1v) is 21.2. The van der Waals surface area contributed by atoms with Gasteiger partial charge < -0.3 is 44.1 Å². The molecule has 4 aliphatic rings. The Morgan fingerprint density at radius 1 is 0.737 bits per heavy atom. The van der Waals surface area contributed by atoms with E-state index in [1.165, 1.54) is 6.42 Å². The maximum absolute atomic E-state index is 12.5. The number of aromatic hydroxyl groups is 2. The second kappa shape index (κ2) is 17.6. The average Bonchev–Trinajstić information content (AvgIpc) is 3.73. The van der Waals surface area contributed by atoms with Gasteiger partial charge in [-0.25, -0.2) is 0 Å². The van der Waals surface area contributed by atoms with Crippen molar-refractivity contribution in [2.75, 3.05) is 20.3 Å². The molecule has 8 rings (SSSR count). The van der Waals surface area contributed by atoms with E-state index in [0.29, 0.717) is 54.2 Å². The number of fused-ring (bicyclic) bond motifs is 2. The van der Waals surface area contributed by atoms with E-state index in [9.17, 15) is 20.4 Å². The topological polar surface area (TPSA) is 127 Å². The lowest BCUT2D eigenvalue weighted by Gasteiger charge is -2.45. The summed E-state index contributed by atoms with van der Waals surface area (Å²) in [4.78, 5) is 0. The van der Waals surface area contributed by atoms with Crippen molar-refractivity contribution >= 4 is 0 Å². The Labute approximate surface area is 336 Å². The van der Waals surface area contributed by atoms with Crippen LogP contribution >= 0.6 is 0 Å². The SMILES string of the molecule is CCc1cc(-c2cccc(O)c2)c(Cc2cc(OC3CCCC3)cc3c2OCC(C2C(CCCOC)Oc4ccc(OC5CCCCC5)cc4C2O)C3O)cc1O. The molecule has 0 aromatic heterocycles. The Balaban J connectivity index is 1.15. The second-order valence-corrected chi connectivity index (χ2v) is 16.6. The van der Waals surface area contributed by atoms with Gasteiger partial charge in [-0.05, 0) is 147 Å². The summed E-state index contributed by atoms with van der Waals surface area (Å²) in [5.41, 5.74) is 5.53.